The smallest absolute Gasteiger partial charge is 0.0297 e. The minimum Gasteiger partial charge on any atom is -0.0617 e. The summed E-state index contributed by atoms with van der Waals surface area (Å²) in [6.45, 7) is 9.32. The molecular weight excluding hydrogens is 84.1 g/mol. The van der Waals surface area contributed by atoms with Crippen molar-refractivity contribution in [1.82, 2.24) is 0 Å². The molecule has 42 valence electrons. The van der Waals surface area contributed by atoms with Crippen molar-refractivity contribution in [1.29, 1.82) is 0 Å². The molecule has 0 unspecified atom stereocenters. The minimum absolute atomic E-state index is 0.667. The molecule has 0 heterocycles. The van der Waals surface area contributed by atoms with Gasteiger partial charge in [-0.3, -0.25) is 0 Å². The van der Waals surface area contributed by atoms with Gasteiger partial charge in [-0.1, -0.05) is 27.7 Å². The molecule has 0 bridgehead atoms. The van der Waals surface area contributed by atoms with Crippen LogP contribution >= 0.6 is 0 Å². The lowest BCUT2D eigenvalue weighted by Gasteiger charge is -1.94. The molecule has 0 N–H and O–H groups in total. The van der Waals surface area contributed by atoms with Gasteiger partial charge in [0.05, 0.1) is 0 Å². The quantitative estimate of drug-likeness (QED) is 0.436. The van der Waals surface area contributed by atoms with E-state index >= 15 is 0 Å². The molecule has 0 aliphatic heterocycles. The second kappa shape index (κ2) is 1.04. The van der Waals surface area contributed by atoms with E-state index in [1.54, 1.807) is 0 Å². The van der Waals surface area contributed by atoms with Crippen molar-refractivity contribution in [3.8, 4) is 0 Å². The van der Waals surface area contributed by atoms with Crippen LogP contribution in [0.15, 0.2) is 0 Å². The summed E-state index contributed by atoms with van der Waals surface area (Å²) < 4.78 is 0. The Kier molecular flexibility index (Phi) is 0.765. The standard InChI is InChI=1S/C7H14/c1-5-6(2)7(5,3)4/h5-6H,1-4H3/t5-,6+. The first kappa shape index (κ1) is 5.14. The van der Waals surface area contributed by atoms with Crippen LogP contribution < -0.4 is 0 Å². The summed E-state index contributed by atoms with van der Waals surface area (Å²) in [5.41, 5.74) is 0.667. The van der Waals surface area contributed by atoms with Gasteiger partial charge in [0.15, 0.2) is 0 Å². The van der Waals surface area contributed by atoms with E-state index in [2.05, 4.69) is 27.7 Å². The minimum atomic E-state index is 0.667. The van der Waals surface area contributed by atoms with Crippen LogP contribution in [-0.4, -0.2) is 0 Å². The number of hydrogen-bond donors (Lipinski definition) is 0. The molecule has 1 fully saturated rings. The molecule has 0 aromatic heterocycles. The zero-order chi connectivity index (χ0) is 5.65. The lowest BCUT2D eigenvalue weighted by atomic mass is 10.1. The van der Waals surface area contributed by atoms with Crippen molar-refractivity contribution < 1.29 is 0 Å². The van der Waals surface area contributed by atoms with Gasteiger partial charge in [0.25, 0.3) is 0 Å². The first-order chi connectivity index (χ1) is 3.07. The third kappa shape index (κ3) is 0.490. The highest BCUT2D eigenvalue weighted by molar-refractivity contribution is 4.99. The fourth-order valence-corrected chi connectivity index (χ4v) is 1.19. The van der Waals surface area contributed by atoms with Crippen LogP contribution in [0.1, 0.15) is 27.7 Å². The van der Waals surface area contributed by atoms with Gasteiger partial charge in [-0.2, -0.15) is 0 Å². The Hall–Kier alpha value is 0. The van der Waals surface area contributed by atoms with Gasteiger partial charge in [-0.15, -0.1) is 0 Å². The van der Waals surface area contributed by atoms with Gasteiger partial charge in [0.2, 0.25) is 0 Å². The molecule has 0 spiro atoms. The highest BCUT2D eigenvalue weighted by Crippen LogP contribution is 2.57. The molecule has 0 saturated heterocycles. The van der Waals surface area contributed by atoms with E-state index in [4.69, 9.17) is 0 Å². The molecule has 1 aliphatic rings. The van der Waals surface area contributed by atoms with Crippen LogP contribution in [0.3, 0.4) is 0 Å². The zero-order valence-electron chi connectivity index (χ0n) is 5.65. The molecule has 1 saturated carbocycles. The van der Waals surface area contributed by atoms with Crippen LogP contribution in [0.25, 0.3) is 0 Å². The second-order valence-corrected chi connectivity index (χ2v) is 3.40. The third-order valence-electron chi connectivity index (χ3n) is 2.99. The molecule has 0 radical (unpaired) electrons. The predicted octanol–water partition coefficient (Wildman–Crippen LogP) is 2.30. The van der Waals surface area contributed by atoms with Crippen molar-refractivity contribution in [3.05, 3.63) is 0 Å². The summed E-state index contributed by atoms with van der Waals surface area (Å²) in [6, 6.07) is 0. The maximum absolute atomic E-state index is 2.34. The number of rotatable bonds is 0. The van der Waals surface area contributed by atoms with Gasteiger partial charge >= 0.3 is 0 Å². The first-order valence-corrected chi connectivity index (χ1v) is 3.07. The first-order valence-electron chi connectivity index (χ1n) is 3.07. The molecule has 1 aliphatic carbocycles. The molecular formula is C7H14. The Morgan fingerprint density at radius 2 is 1.14 bits per heavy atom. The van der Waals surface area contributed by atoms with E-state index in [0.29, 0.717) is 5.41 Å². The third-order valence-corrected chi connectivity index (χ3v) is 2.99. The fourth-order valence-electron chi connectivity index (χ4n) is 1.19. The Morgan fingerprint density at radius 3 is 1.14 bits per heavy atom. The van der Waals surface area contributed by atoms with Gasteiger partial charge in [-0.25, -0.2) is 0 Å². The molecule has 0 aromatic rings. The highest BCUT2D eigenvalue weighted by atomic mass is 14.6. The summed E-state index contributed by atoms with van der Waals surface area (Å²) in [5, 5.41) is 0. The van der Waals surface area contributed by atoms with Crippen molar-refractivity contribution >= 4 is 0 Å². The summed E-state index contributed by atoms with van der Waals surface area (Å²) in [5.74, 6) is 1.93. The molecule has 0 heteroatoms. The van der Waals surface area contributed by atoms with Gasteiger partial charge in [0, 0.05) is 0 Å². The van der Waals surface area contributed by atoms with E-state index in [-0.39, 0.29) is 0 Å². The zero-order valence-corrected chi connectivity index (χ0v) is 5.65. The Morgan fingerprint density at radius 1 is 1.00 bits per heavy atom. The second-order valence-electron chi connectivity index (χ2n) is 3.40. The average molecular weight is 98.2 g/mol. The van der Waals surface area contributed by atoms with Crippen LogP contribution in [0.5, 0.6) is 0 Å². The largest absolute Gasteiger partial charge is 0.0617 e. The Bertz CT molecular complexity index is 72.0. The van der Waals surface area contributed by atoms with E-state index in [1.807, 2.05) is 0 Å². The van der Waals surface area contributed by atoms with Crippen LogP contribution in [0.2, 0.25) is 0 Å². The van der Waals surface area contributed by atoms with Gasteiger partial charge < -0.3 is 0 Å². The molecule has 0 nitrogen and oxygen atoms in total. The topological polar surface area (TPSA) is 0 Å². The van der Waals surface area contributed by atoms with E-state index in [9.17, 15) is 0 Å². The van der Waals surface area contributed by atoms with Crippen molar-refractivity contribution in [2.24, 2.45) is 17.3 Å². The van der Waals surface area contributed by atoms with E-state index in [1.165, 1.54) is 0 Å². The maximum Gasteiger partial charge on any atom is -0.0297 e. The summed E-state index contributed by atoms with van der Waals surface area (Å²) in [4.78, 5) is 0. The van der Waals surface area contributed by atoms with Gasteiger partial charge in [0.1, 0.15) is 0 Å². The number of hydrogen-bond acceptors (Lipinski definition) is 0. The summed E-state index contributed by atoms with van der Waals surface area (Å²) in [7, 11) is 0. The van der Waals surface area contributed by atoms with Gasteiger partial charge in [-0.05, 0) is 17.3 Å². The lowest BCUT2D eigenvalue weighted by Crippen LogP contribution is -1.85. The predicted molar refractivity (Wildman–Crippen MR) is 32.1 cm³/mol. The van der Waals surface area contributed by atoms with E-state index < -0.39 is 0 Å². The van der Waals surface area contributed by atoms with Crippen LogP contribution in [-0.2, 0) is 0 Å². The van der Waals surface area contributed by atoms with Crippen LogP contribution in [0, 0.1) is 17.3 Å². The Labute approximate surface area is 45.9 Å². The monoisotopic (exact) mass is 98.1 g/mol. The average Bonchev–Trinajstić information content (AvgIpc) is 1.91. The highest BCUT2D eigenvalue weighted by Gasteiger charge is 2.50. The van der Waals surface area contributed by atoms with Crippen LogP contribution in [0.4, 0.5) is 0 Å². The molecule has 0 amide bonds. The van der Waals surface area contributed by atoms with Crippen molar-refractivity contribution in [2.45, 2.75) is 27.7 Å². The fraction of sp³-hybridized carbons (Fsp3) is 1.00. The van der Waals surface area contributed by atoms with Crippen molar-refractivity contribution in [3.63, 3.8) is 0 Å². The normalized spacial score (nSPS) is 46.3. The molecule has 0 aromatic carbocycles. The molecule has 7 heavy (non-hydrogen) atoms. The molecule has 2 atom stereocenters. The Balaban J connectivity index is 2.52. The SMILES string of the molecule is C[C@@H]1[C@H](C)C1(C)C. The lowest BCUT2D eigenvalue weighted by molar-refractivity contribution is 0.559. The van der Waals surface area contributed by atoms with Crippen molar-refractivity contribution in [2.75, 3.05) is 0 Å². The maximum atomic E-state index is 2.34. The summed E-state index contributed by atoms with van der Waals surface area (Å²) in [6.07, 6.45) is 0. The molecule has 1 rings (SSSR count). The van der Waals surface area contributed by atoms with E-state index in [0.717, 1.165) is 11.8 Å². The summed E-state index contributed by atoms with van der Waals surface area (Å²) >= 11 is 0.